The van der Waals surface area contributed by atoms with Crippen molar-refractivity contribution in [2.75, 3.05) is 6.54 Å². The summed E-state index contributed by atoms with van der Waals surface area (Å²) in [5, 5.41) is 1.53. The van der Waals surface area contributed by atoms with Gasteiger partial charge in [0.05, 0.1) is 11.6 Å². The number of alkyl halides is 2. The Labute approximate surface area is 136 Å². The number of carbonyl (C=O) groups excluding carboxylic acids is 1. The number of fused-ring (bicyclic) bond motifs is 1. The van der Waals surface area contributed by atoms with Gasteiger partial charge in [-0.15, -0.1) is 11.3 Å². The van der Waals surface area contributed by atoms with Crippen molar-refractivity contribution >= 4 is 45.0 Å². The molecule has 3 rings (SSSR count). The highest BCUT2D eigenvalue weighted by Crippen LogP contribution is 2.36. The fourth-order valence-corrected chi connectivity index (χ4v) is 3.74. The fourth-order valence-electron chi connectivity index (χ4n) is 2.34. The van der Waals surface area contributed by atoms with Gasteiger partial charge in [0, 0.05) is 27.1 Å². The molecule has 22 heavy (non-hydrogen) atoms. The van der Waals surface area contributed by atoms with E-state index in [9.17, 15) is 13.6 Å². The summed E-state index contributed by atoms with van der Waals surface area (Å²) >= 11 is 7.77. The van der Waals surface area contributed by atoms with Gasteiger partial charge in [0.25, 0.3) is 6.43 Å². The van der Waals surface area contributed by atoms with Crippen LogP contribution in [0.25, 0.3) is 16.2 Å². The fraction of sp³-hybridized carbons (Fsp3) is 0.312. The zero-order valence-corrected chi connectivity index (χ0v) is 13.2. The van der Waals surface area contributed by atoms with E-state index in [0.29, 0.717) is 5.02 Å². The van der Waals surface area contributed by atoms with E-state index >= 15 is 0 Å². The van der Waals surface area contributed by atoms with Crippen LogP contribution in [-0.4, -0.2) is 29.8 Å². The van der Waals surface area contributed by atoms with E-state index < -0.39 is 13.0 Å². The topological polar surface area (TPSA) is 20.3 Å². The standard InChI is InChI=1S/C16H14ClF2NOS/c17-16-11-3-1-2-4-12(11)22-13(16)7-8-15(21)20(9-14(18)19)10-5-6-10/h1-4,7-8,10,14H,5-6,9H2. The Balaban J connectivity index is 1.79. The monoisotopic (exact) mass is 341 g/mol. The third-order valence-electron chi connectivity index (χ3n) is 3.54. The van der Waals surface area contributed by atoms with E-state index in [-0.39, 0.29) is 11.9 Å². The van der Waals surface area contributed by atoms with Crippen molar-refractivity contribution in [3.63, 3.8) is 0 Å². The number of nitrogens with zero attached hydrogens (tertiary/aromatic N) is 1. The third-order valence-corrected chi connectivity index (χ3v) is 5.20. The van der Waals surface area contributed by atoms with Gasteiger partial charge in [-0.1, -0.05) is 29.8 Å². The molecule has 1 aliphatic rings. The number of hydrogen-bond acceptors (Lipinski definition) is 2. The van der Waals surface area contributed by atoms with Gasteiger partial charge in [-0.25, -0.2) is 8.78 Å². The lowest BCUT2D eigenvalue weighted by molar-refractivity contribution is -0.128. The maximum absolute atomic E-state index is 12.6. The van der Waals surface area contributed by atoms with Crippen LogP contribution in [0.1, 0.15) is 17.7 Å². The lowest BCUT2D eigenvalue weighted by atomic mass is 10.2. The van der Waals surface area contributed by atoms with Crippen LogP contribution in [-0.2, 0) is 4.79 Å². The summed E-state index contributed by atoms with van der Waals surface area (Å²) in [4.78, 5) is 14.1. The second-order valence-corrected chi connectivity index (χ2v) is 6.68. The number of hydrogen-bond donors (Lipinski definition) is 0. The molecule has 0 saturated heterocycles. The summed E-state index contributed by atoms with van der Waals surface area (Å²) in [6.45, 7) is -0.506. The maximum atomic E-state index is 12.6. The van der Waals surface area contributed by atoms with Crippen molar-refractivity contribution in [2.24, 2.45) is 0 Å². The molecule has 0 bridgehead atoms. The molecular weight excluding hydrogens is 328 g/mol. The Morgan fingerprint density at radius 3 is 2.77 bits per heavy atom. The van der Waals surface area contributed by atoms with Gasteiger partial charge >= 0.3 is 0 Å². The number of amides is 1. The van der Waals surface area contributed by atoms with Gasteiger partial charge < -0.3 is 4.90 Å². The molecule has 0 atom stereocenters. The van der Waals surface area contributed by atoms with Gasteiger partial charge in [0.15, 0.2) is 0 Å². The van der Waals surface area contributed by atoms with Gasteiger partial charge in [0.2, 0.25) is 5.91 Å². The van der Waals surface area contributed by atoms with Crippen LogP contribution in [0.15, 0.2) is 30.3 Å². The average Bonchev–Trinajstić information content (AvgIpc) is 3.28. The van der Waals surface area contributed by atoms with Crippen molar-refractivity contribution in [3.05, 3.63) is 40.2 Å². The third kappa shape index (κ3) is 3.31. The first-order valence-electron chi connectivity index (χ1n) is 7.00. The molecular formula is C16H14ClF2NOS. The molecule has 0 spiro atoms. The number of benzene rings is 1. The van der Waals surface area contributed by atoms with Crippen LogP contribution in [0.2, 0.25) is 5.02 Å². The van der Waals surface area contributed by atoms with Crippen LogP contribution in [0.3, 0.4) is 0 Å². The molecule has 2 nitrogen and oxygen atoms in total. The van der Waals surface area contributed by atoms with E-state index in [1.165, 1.54) is 22.3 Å². The zero-order chi connectivity index (χ0) is 15.7. The van der Waals surface area contributed by atoms with Gasteiger partial charge in [0.1, 0.15) is 0 Å². The molecule has 1 fully saturated rings. The molecule has 0 aliphatic heterocycles. The molecule has 6 heteroatoms. The minimum atomic E-state index is -2.51. The summed E-state index contributed by atoms with van der Waals surface area (Å²) in [7, 11) is 0. The van der Waals surface area contributed by atoms with Crippen LogP contribution in [0.5, 0.6) is 0 Å². The number of thiophene rings is 1. The maximum Gasteiger partial charge on any atom is 0.255 e. The predicted molar refractivity (Wildman–Crippen MR) is 86.6 cm³/mol. The molecule has 1 heterocycles. The molecule has 0 radical (unpaired) electrons. The summed E-state index contributed by atoms with van der Waals surface area (Å²) < 4.78 is 26.2. The smallest absolute Gasteiger partial charge is 0.255 e. The first kappa shape index (κ1) is 15.4. The lowest BCUT2D eigenvalue weighted by Crippen LogP contribution is -2.35. The zero-order valence-electron chi connectivity index (χ0n) is 11.6. The van der Waals surface area contributed by atoms with Crippen molar-refractivity contribution in [2.45, 2.75) is 25.3 Å². The molecule has 1 saturated carbocycles. The molecule has 116 valence electrons. The number of halogens is 3. The van der Waals surface area contributed by atoms with Crippen molar-refractivity contribution in [1.29, 1.82) is 0 Å². The van der Waals surface area contributed by atoms with Crippen LogP contribution >= 0.6 is 22.9 Å². The highest BCUT2D eigenvalue weighted by molar-refractivity contribution is 7.20. The Bertz CT molecular complexity index is 724. The first-order valence-corrected chi connectivity index (χ1v) is 8.19. The van der Waals surface area contributed by atoms with E-state index in [1.807, 2.05) is 24.3 Å². The number of rotatable bonds is 5. The van der Waals surface area contributed by atoms with Crippen LogP contribution in [0.4, 0.5) is 8.78 Å². The minimum Gasteiger partial charge on any atom is -0.330 e. The van der Waals surface area contributed by atoms with E-state index in [0.717, 1.165) is 27.8 Å². The summed E-state index contributed by atoms with van der Waals surface area (Å²) in [5.74, 6) is -0.378. The highest BCUT2D eigenvalue weighted by Gasteiger charge is 2.33. The Morgan fingerprint density at radius 1 is 1.41 bits per heavy atom. The van der Waals surface area contributed by atoms with Gasteiger partial charge in [-0.2, -0.15) is 0 Å². The Hall–Kier alpha value is -1.46. The lowest BCUT2D eigenvalue weighted by Gasteiger charge is -2.19. The molecule has 1 amide bonds. The van der Waals surface area contributed by atoms with E-state index in [2.05, 4.69) is 0 Å². The van der Waals surface area contributed by atoms with Crippen LogP contribution < -0.4 is 0 Å². The summed E-state index contributed by atoms with van der Waals surface area (Å²) in [6.07, 6.45) is 2.06. The van der Waals surface area contributed by atoms with E-state index in [4.69, 9.17) is 11.6 Å². The Morgan fingerprint density at radius 2 is 2.14 bits per heavy atom. The second-order valence-electron chi connectivity index (χ2n) is 5.22. The number of carbonyl (C=O) groups is 1. The molecule has 1 aromatic heterocycles. The quantitative estimate of drug-likeness (QED) is 0.714. The summed E-state index contributed by atoms with van der Waals surface area (Å²) in [5.41, 5.74) is 0. The van der Waals surface area contributed by atoms with Crippen molar-refractivity contribution in [3.8, 4) is 0 Å². The molecule has 1 aromatic carbocycles. The second kappa shape index (κ2) is 6.34. The van der Waals surface area contributed by atoms with Gasteiger partial charge in [-0.05, 0) is 25.0 Å². The van der Waals surface area contributed by atoms with Crippen molar-refractivity contribution < 1.29 is 13.6 Å². The molecule has 0 unspecified atom stereocenters. The molecule has 1 aliphatic carbocycles. The Kier molecular flexibility index (Phi) is 4.45. The molecule has 0 N–H and O–H groups in total. The predicted octanol–water partition coefficient (Wildman–Crippen LogP) is 4.82. The highest BCUT2D eigenvalue weighted by atomic mass is 35.5. The average molecular weight is 342 g/mol. The summed E-state index contributed by atoms with van der Waals surface area (Å²) in [6, 6.07) is 7.66. The van der Waals surface area contributed by atoms with Gasteiger partial charge in [-0.3, -0.25) is 4.79 Å². The van der Waals surface area contributed by atoms with Crippen LogP contribution in [0, 0.1) is 0 Å². The molecule has 2 aromatic rings. The van der Waals surface area contributed by atoms with E-state index in [1.54, 1.807) is 6.08 Å². The van der Waals surface area contributed by atoms with Crippen molar-refractivity contribution in [1.82, 2.24) is 4.90 Å². The normalized spacial score (nSPS) is 15.1. The first-order chi connectivity index (χ1) is 10.6. The minimum absolute atomic E-state index is 0.0379. The SMILES string of the molecule is O=C(C=Cc1sc2ccccc2c1Cl)N(CC(F)F)C1CC1. The largest absolute Gasteiger partial charge is 0.330 e.